The maximum atomic E-state index is 13.1. The number of hydrogen-bond acceptors (Lipinski definition) is 5. The van der Waals surface area contributed by atoms with Crippen molar-refractivity contribution in [3.8, 4) is 0 Å². The standard InChI is InChI=1S/C12H16FN3O3Si/c1-20(2,3)7-6-18-12(17)19-16-11-8-9(13)4-5-10(11)14-15-16/h4-5,8H,6-7H2,1-3H3. The SMILES string of the molecule is C[Si](C)(C)CCOC(=O)On1nnc2ccc(F)cc21. The summed E-state index contributed by atoms with van der Waals surface area (Å²) in [5.41, 5.74) is 0.702. The first-order valence-electron chi connectivity index (χ1n) is 6.21. The van der Waals surface area contributed by atoms with E-state index >= 15 is 0 Å². The maximum absolute atomic E-state index is 13.1. The van der Waals surface area contributed by atoms with Crippen LogP contribution in [0.25, 0.3) is 11.0 Å². The predicted octanol–water partition coefficient (Wildman–Crippen LogP) is 2.47. The van der Waals surface area contributed by atoms with Crippen LogP contribution in [0.2, 0.25) is 25.7 Å². The molecule has 20 heavy (non-hydrogen) atoms. The molecule has 0 saturated carbocycles. The summed E-state index contributed by atoms with van der Waals surface area (Å²) >= 11 is 0. The van der Waals surface area contributed by atoms with Crippen molar-refractivity contribution in [1.82, 2.24) is 15.2 Å². The molecule has 0 N–H and O–H groups in total. The average molecular weight is 297 g/mol. The van der Waals surface area contributed by atoms with Crippen LogP contribution < -0.4 is 4.84 Å². The van der Waals surface area contributed by atoms with Crippen LogP contribution >= 0.6 is 0 Å². The van der Waals surface area contributed by atoms with Crippen molar-refractivity contribution in [3.63, 3.8) is 0 Å². The highest BCUT2D eigenvalue weighted by atomic mass is 28.3. The molecule has 1 heterocycles. The fourth-order valence-electron chi connectivity index (χ4n) is 1.48. The zero-order chi connectivity index (χ0) is 14.8. The van der Waals surface area contributed by atoms with E-state index in [-0.39, 0.29) is 5.52 Å². The Morgan fingerprint density at radius 2 is 2.15 bits per heavy atom. The number of carbonyl (C=O) groups excluding carboxylic acids is 1. The van der Waals surface area contributed by atoms with E-state index < -0.39 is 20.0 Å². The third-order valence-corrected chi connectivity index (χ3v) is 4.31. The first kappa shape index (κ1) is 14.4. The van der Waals surface area contributed by atoms with Crippen molar-refractivity contribution in [3.05, 3.63) is 24.0 Å². The van der Waals surface area contributed by atoms with Crippen LogP contribution in [0.5, 0.6) is 0 Å². The minimum Gasteiger partial charge on any atom is -0.433 e. The Morgan fingerprint density at radius 1 is 1.40 bits per heavy atom. The van der Waals surface area contributed by atoms with Gasteiger partial charge in [0, 0.05) is 14.1 Å². The van der Waals surface area contributed by atoms with Gasteiger partial charge in [-0.3, -0.25) is 4.84 Å². The number of carbonyl (C=O) groups is 1. The fourth-order valence-corrected chi connectivity index (χ4v) is 2.19. The molecule has 0 atom stereocenters. The molecular weight excluding hydrogens is 281 g/mol. The number of halogens is 1. The van der Waals surface area contributed by atoms with Crippen LogP contribution in [0.4, 0.5) is 9.18 Å². The highest BCUT2D eigenvalue weighted by molar-refractivity contribution is 6.76. The molecule has 0 radical (unpaired) electrons. The van der Waals surface area contributed by atoms with Crippen LogP contribution in [0, 0.1) is 5.82 Å². The molecule has 1 aromatic heterocycles. The van der Waals surface area contributed by atoms with Crippen molar-refractivity contribution in [2.45, 2.75) is 25.7 Å². The van der Waals surface area contributed by atoms with E-state index in [1.165, 1.54) is 18.2 Å². The van der Waals surface area contributed by atoms with E-state index in [0.29, 0.717) is 12.1 Å². The molecular formula is C12H16FN3O3Si. The predicted molar refractivity (Wildman–Crippen MR) is 73.6 cm³/mol. The molecule has 0 saturated heterocycles. The zero-order valence-corrected chi connectivity index (χ0v) is 12.6. The summed E-state index contributed by atoms with van der Waals surface area (Å²) < 4.78 is 18.1. The number of fused-ring (bicyclic) bond motifs is 1. The van der Waals surface area contributed by atoms with Crippen LogP contribution in [0.15, 0.2) is 18.2 Å². The Balaban J connectivity index is 1.98. The van der Waals surface area contributed by atoms with Crippen molar-refractivity contribution in [1.29, 1.82) is 0 Å². The molecule has 1 aromatic carbocycles. The lowest BCUT2D eigenvalue weighted by atomic mass is 10.3. The molecule has 0 aliphatic rings. The summed E-state index contributed by atoms with van der Waals surface area (Å²) in [6, 6.07) is 4.74. The van der Waals surface area contributed by atoms with E-state index in [2.05, 4.69) is 30.0 Å². The molecule has 0 amide bonds. The average Bonchev–Trinajstić information content (AvgIpc) is 2.70. The lowest BCUT2D eigenvalue weighted by Crippen LogP contribution is -2.26. The third-order valence-electron chi connectivity index (χ3n) is 2.61. The molecule has 0 aliphatic carbocycles. The Hall–Kier alpha value is -1.96. The third kappa shape index (κ3) is 3.76. The molecule has 0 aliphatic heterocycles. The number of nitrogens with zero attached hydrogens (tertiary/aromatic N) is 3. The Bertz CT molecular complexity index is 624. The lowest BCUT2D eigenvalue weighted by Gasteiger charge is -2.14. The summed E-state index contributed by atoms with van der Waals surface area (Å²) in [7, 11) is -1.27. The molecule has 6 nitrogen and oxygen atoms in total. The van der Waals surface area contributed by atoms with Gasteiger partial charge in [-0.15, -0.1) is 5.10 Å². The lowest BCUT2D eigenvalue weighted by molar-refractivity contribution is 0.0426. The summed E-state index contributed by atoms with van der Waals surface area (Å²) in [5, 5.41) is 7.37. The Labute approximate surface area is 116 Å². The molecule has 0 fully saturated rings. The molecule has 2 rings (SSSR count). The van der Waals surface area contributed by atoms with Crippen LogP contribution in [0.1, 0.15) is 0 Å². The smallest absolute Gasteiger partial charge is 0.433 e. The molecule has 2 aromatic rings. The number of rotatable bonds is 4. The van der Waals surface area contributed by atoms with Crippen LogP contribution in [-0.4, -0.2) is 36.0 Å². The quantitative estimate of drug-likeness (QED) is 0.493. The molecule has 0 bridgehead atoms. The van der Waals surface area contributed by atoms with Gasteiger partial charge in [0.15, 0.2) is 0 Å². The normalized spacial score (nSPS) is 11.6. The first-order valence-corrected chi connectivity index (χ1v) is 9.92. The summed E-state index contributed by atoms with van der Waals surface area (Å²) in [4.78, 5) is 17.2. The largest absolute Gasteiger partial charge is 0.535 e. The maximum Gasteiger partial charge on any atom is 0.535 e. The Kier molecular flexibility index (Phi) is 4.03. The fraction of sp³-hybridized carbons (Fsp3) is 0.417. The minimum absolute atomic E-state index is 0.271. The first-order chi connectivity index (χ1) is 9.35. The van der Waals surface area contributed by atoms with Crippen molar-refractivity contribution >= 4 is 25.3 Å². The molecule has 0 unspecified atom stereocenters. The molecule has 8 heteroatoms. The topological polar surface area (TPSA) is 66.2 Å². The molecule has 0 spiro atoms. The Morgan fingerprint density at radius 3 is 2.85 bits per heavy atom. The summed E-state index contributed by atoms with van der Waals surface area (Å²) in [6.45, 7) is 6.83. The van der Waals surface area contributed by atoms with E-state index in [0.717, 1.165) is 10.9 Å². The van der Waals surface area contributed by atoms with Gasteiger partial charge in [-0.1, -0.05) is 24.5 Å². The van der Waals surface area contributed by atoms with Gasteiger partial charge in [0.2, 0.25) is 0 Å². The van der Waals surface area contributed by atoms with Gasteiger partial charge in [-0.25, -0.2) is 9.18 Å². The van der Waals surface area contributed by atoms with Crippen molar-refractivity contribution in [2.24, 2.45) is 0 Å². The van der Waals surface area contributed by atoms with Crippen molar-refractivity contribution < 1.29 is 18.8 Å². The second-order valence-electron chi connectivity index (χ2n) is 5.60. The van der Waals surface area contributed by atoms with Crippen LogP contribution in [-0.2, 0) is 4.74 Å². The summed E-state index contributed by atoms with van der Waals surface area (Å²) in [5.74, 6) is -0.461. The zero-order valence-electron chi connectivity index (χ0n) is 11.6. The van der Waals surface area contributed by atoms with Gasteiger partial charge in [0.1, 0.15) is 16.9 Å². The van der Waals surface area contributed by atoms with Crippen molar-refractivity contribution in [2.75, 3.05) is 6.61 Å². The number of ether oxygens (including phenoxy) is 1. The van der Waals surface area contributed by atoms with E-state index in [4.69, 9.17) is 9.57 Å². The summed E-state index contributed by atoms with van der Waals surface area (Å²) in [6.07, 6.45) is -0.876. The van der Waals surface area contributed by atoms with E-state index in [1.807, 2.05) is 0 Å². The van der Waals surface area contributed by atoms with Crippen LogP contribution in [0.3, 0.4) is 0 Å². The molecule has 108 valence electrons. The number of benzene rings is 1. The van der Waals surface area contributed by atoms with Gasteiger partial charge in [0.25, 0.3) is 0 Å². The minimum atomic E-state index is -1.27. The second kappa shape index (κ2) is 5.57. The van der Waals surface area contributed by atoms with E-state index in [9.17, 15) is 9.18 Å². The highest BCUT2D eigenvalue weighted by Gasteiger charge is 2.16. The van der Waals surface area contributed by atoms with Gasteiger partial charge in [0.05, 0.1) is 6.61 Å². The van der Waals surface area contributed by atoms with Gasteiger partial charge < -0.3 is 4.74 Å². The van der Waals surface area contributed by atoms with Gasteiger partial charge in [-0.2, -0.15) is 0 Å². The van der Waals surface area contributed by atoms with Gasteiger partial charge >= 0.3 is 6.16 Å². The monoisotopic (exact) mass is 297 g/mol. The second-order valence-corrected chi connectivity index (χ2v) is 11.2. The van der Waals surface area contributed by atoms with Gasteiger partial charge in [-0.05, 0) is 23.4 Å². The highest BCUT2D eigenvalue weighted by Crippen LogP contribution is 2.12. The number of hydrogen-bond donors (Lipinski definition) is 0. The number of aromatic nitrogens is 3. The van der Waals surface area contributed by atoms with E-state index in [1.54, 1.807) is 0 Å².